The normalized spacial score (nSPS) is 19.7. The van der Waals surface area contributed by atoms with E-state index in [1.807, 2.05) is 24.3 Å². The number of hydrogen-bond acceptors (Lipinski definition) is 4. The van der Waals surface area contributed by atoms with Gasteiger partial charge in [0, 0.05) is 12.0 Å². The number of hydrogen-bond donors (Lipinski definition) is 0. The zero-order chi connectivity index (χ0) is 19.5. The van der Waals surface area contributed by atoms with Crippen molar-refractivity contribution in [2.75, 3.05) is 26.7 Å². The first kappa shape index (κ1) is 18.7. The van der Waals surface area contributed by atoms with Crippen LogP contribution in [-0.2, 0) is 4.79 Å². The van der Waals surface area contributed by atoms with Crippen molar-refractivity contribution in [2.45, 2.75) is 32.2 Å². The molecule has 0 radical (unpaired) electrons. The topological polar surface area (TPSA) is 45.1 Å². The molecule has 2 heterocycles. The Morgan fingerprint density at radius 2 is 1.82 bits per heavy atom. The molecule has 2 aliphatic heterocycles. The lowest BCUT2D eigenvalue weighted by atomic mass is 9.97. The van der Waals surface area contributed by atoms with E-state index < -0.39 is 0 Å². The highest BCUT2D eigenvalue weighted by Crippen LogP contribution is 2.35. The number of rotatable bonds is 5. The van der Waals surface area contributed by atoms with Crippen LogP contribution in [-0.4, -0.2) is 48.3 Å². The maximum Gasteiger partial charge on any atom is 0.257 e. The predicted octanol–water partition coefficient (Wildman–Crippen LogP) is 3.78. The van der Waals surface area contributed by atoms with Crippen molar-refractivity contribution in [3.8, 4) is 5.75 Å². The first-order chi connectivity index (χ1) is 13.7. The average molecular weight is 377 g/mol. The standard InChI is InChI=1S/C23H27N3O2/c1-17-9-11-18(12-10-17)21-15-20(19-7-3-4-8-22(19)28-2)24-26(21)23(27)16-25-13-5-6-14-25/h3-4,7-12,21H,5-6,13-16H2,1-2H3/t21-/m1/s1. The van der Waals surface area contributed by atoms with Crippen LogP contribution in [0.3, 0.4) is 0 Å². The van der Waals surface area contributed by atoms with Crippen LogP contribution in [0.1, 0.15) is 42.0 Å². The van der Waals surface area contributed by atoms with Gasteiger partial charge in [-0.1, -0.05) is 42.0 Å². The van der Waals surface area contributed by atoms with Gasteiger partial charge in [-0.15, -0.1) is 0 Å². The van der Waals surface area contributed by atoms with E-state index in [1.165, 1.54) is 18.4 Å². The summed E-state index contributed by atoms with van der Waals surface area (Å²) in [5.41, 5.74) is 4.19. The molecule has 5 heteroatoms. The molecule has 2 aromatic carbocycles. The summed E-state index contributed by atoms with van der Waals surface area (Å²) in [6.45, 7) is 4.51. The quantitative estimate of drug-likeness (QED) is 0.797. The van der Waals surface area contributed by atoms with Gasteiger partial charge >= 0.3 is 0 Å². The van der Waals surface area contributed by atoms with Gasteiger partial charge in [-0.05, 0) is 50.6 Å². The van der Waals surface area contributed by atoms with E-state index in [-0.39, 0.29) is 11.9 Å². The van der Waals surface area contributed by atoms with Crippen LogP contribution >= 0.6 is 0 Å². The average Bonchev–Trinajstić information content (AvgIpc) is 3.38. The molecule has 1 amide bonds. The van der Waals surface area contributed by atoms with Crippen molar-refractivity contribution in [1.29, 1.82) is 0 Å². The molecule has 0 N–H and O–H groups in total. The second-order valence-electron chi connectivity index (χ2n) is 7.60. The van der Waals surface area contributed by atoms with Crippen LogP contribution in [0.4, 0.5) is 0 Å². The van der Waals surface area contributed by atoms with E-state index >= 15 is 0 Å². The number of benzene rings is 2. The summed E-state index contributed by atoms with van der Waals surface area (Å²) in [6, 6.07) is 16.2. The van der Waals surface area contributed by atoms with Gasteiger partial charge in [-0.3, -0.25) is 9.69 Å². The minimum atomic E-state index is -0.0735. The molecule has 0 aliphatic carbocycles. The van der Waals surface area contributed by atoms with Crippen molar-refractivity contribution in [3.63, 3.8) is 0 Å². The molecule has 4 rings (SSSR count). The van der Waals surface area contributed by atoms with E-state index in [9.17, 15) is 4.79 Å². The number of aryl methyl sites for hydroxylation is 1. The third kappa shape index (κ3) is 3.80. The van der Waals surface area contributed by atoms with E-state index in [0.29, 0.717) is 13.0 Å². The molecule has 0 spiro atoms. The third-order valence-electron chi connectivity index (χ3n) is 5.60. The summed E-state index contributed by atoms with van der Waals surface area (Å²) < 4.78 is 5.53. The maximum atomic E-state index is 13.1. The summed E-state index contributed by atoms with van der Waals surface area (Å²) in [7, 11) is 1.67. The maximum absolute atomic E-state index is 13.1. The van der Waals surface area contributed by atoms with Crippen LogP contribution in [0, 0.1) is 6.92 Å². The lowest BCUT2D eigenvalue weighted by Crippen LogP contribution is -2.36. The zero-order valence-corrected chi connectivity index (χ0v) is 16.6. The Morgan fingerprint density at radius 3 is 2.54 bits per heavy atom. The van der Waals surface area contributed by atoms with Gasteiger partial charge in [0.05, 0.1) is 25.4 Å². The molecule has 2 aliphatic rings. The summed E-state index contributed by atoms with van der Waals surface area (Å²) in [6.07, 6.45) is 3.03. The zero-order valence-electron chi connectivity index (χ0n) is 16.6. The Balaban J connectivity index is 1.65. The van der Waals surface area contributed by atoms with E-state index in [0.717, 1.165) is 35.7 Å². The fourth-order valence-corrected chi connectivity index (χ4v) is 4.04. The summed E-state index contributed by atoms with van der Waals surface area (Å²) >= 11 is 0. The Morgan fingerprint density at radius 1 is 1.11 bits per heavy atom. The minimum absolute atomic E-state index is 0.0670. The second-order valence-corrected chi connectivity index (χ2v) is 7.60. The van der Waals surface area contributed by atoms with Gasteiger partial charge in [0.15, 0.2) is 0 Å². The molecule has 1 atom stereocenters. The van der Waals surface area contributed by atoms with Crippen molar-refractivity contribution < 1.29 is 9.53 Å². The molecule has 0 bridgehead atoms. The number of para-hydroxylation sites is 1. The second kappa shape index (κ2) is 8.15. The largest absolute Gasteiger partial charge is 0.496 e. The SMILES string of the molecule is COc1ccccc1C1=NN(C(=O)CN2CCCC2)[C@@H](c2ccc(C)cc2)C1. The van der Waals surface area contributed by atoms with Crippen LogP contribution in [0.2, 0.25) is 0 Å². The first-order valence-corrected chi connectivity index (χ1v) is 9.97. The molecule has 1 saturated heterocycles. The molecular weight excluding hydrogens is 350 g/mol. The number of hydrazone groups is 1. The van der Waals surface area contributed by atoms with Crippen LogP contribution in [0.15, 0.2) is 53.6 Å². The smallest absolute Gasteiger partial charge is 0.257 e. The fraction of sp³-hybridized carbons (Fsp3) is 0.391. The number of carbonyl (C=O) groups is 1. The Labute approximate surface area is 166 Å². The molecule has 28 heavy (non-hydrogen) atoms. The van der Waals surface area contributed by atoms with Crippen molar-refractivity contribution >= 4 is 11.6 Å². The number of methoxy groups -OCH3 is 1. The van der Waals surface area contributed by atoms with Gasteiger partial charge in [0.1, 0.15) is 5.75 Å². The number of ether oxygens (including phenoxy) is 1. The Kier molecular flexibility index (Phi) is 5.44. The van der Waals surface area contributed by atoms with E-state index in [1.54, 1.807) is 12.1 Å². The van der Waals surface area contributed by atoms with Gasteiger partial charge in [-0.25, -0.2) is 5.01 Å². The van der Waals surface area contributed by atoms with Crippen molar-refractivity contribution in [2.24, 2.45) is 5.10 Å². The summed E-state index contributed by atoms with van der Waals surface area (Å²) in [4.78, 5) is 15.4. The Hall–Kier alpha value is -2.66. The lowest BCUT2D eigenvalue weighted by molar-refractivity contribution is -0.134. The van der Waals surface area contributed by atoms with E-state index in [4.69, 9.17) is 9.84 Å². The molecule has 0 unspecified atom stereocenters. The molecule has 0 aromatic heterocycles. The van der Waals surface area contributed by atoms with Crippen molar-refractivity contribution in [3.05, 3.63) is 65.2 Å². The third-order valence-corrected chi connectivity index (χ3v) is 5.60. The number of likely N-dealkylation sites (tertiary alicyclic amines) is 1. The Bertz CT molecular complexity index is 870. The van der Waals surface area contributed by atoms with E-state index in [2.05, 4.69) is 36.1 Å². The van der Waals surface area contributed by atoms with Crippen LogP contribution < -0.4 is 4.74 Å². The van der Waals surface area contributed by atoms with Crippen LogP contribution in [0.25, 0.3) is 0 Å². The highest BCUT2D eigenvalue weighted by molar-refractivity contribution is 6.05. The van der Waals surface area contributed by atoms with Crippen LogP contribution in [0.5, 0.6) is 5.75 Å². The van der Waals surface area contributed by atoms with Gasteiger partial charge in [0.2, 0.25) is 0 Å². The highest BCUT2D eigenvalue weighted by Gasteiger charge is 2.34. The number of amides is 1. The highest BCUT2D eigenvalue weighted by atomic mass is 16.5. The lowest BCUT2D eigenvalue weighted by Gasteiger charge is -2.24. The van der Waals surface area contributed by atoms with Gasteiger partial charge < -0.3 is 4.74 Å². The molecule has 2 aromatic rings. The number of carbonyl (C=O) groups excluding carboxylic acids is 1. The van der Waals surface area contributed by atoms with Gasteiger partial charge in [-0.2, -0.15) is 5.10 Å². The first-order valence-electron chi connectivity index (χ1n) is 9.97. The number of nitrogens with zero attached hydrogens (tertiary/aromatic N) is 3. The molecule has 146 valence electrons. The molecule has 5 nitrogen and oxygen atoms in total. The fourth-order valence-electron chi connectivity index (χ4n) is 4.04. The summed E-state index contributed by atoms with van der Waals surface area (Å²) in [5.74, 6) is 0.857. The minimum Gasteiger partial charge on any atom is -0.496 e. The molecular formula is C23H27N3O2. The van der Waals surface area contributed by atoms with Crippen molar-refractivity contribution in [1.82, 2.24) is 9.91 Å². The predicted molar refractivity (Wildman–Crippen MR) is 111 cm³/mol. The van der Waals surface area contributed by atoms with Gasteiger partial charge in [0.25, 0.3) is 5.91 Å². The summed E-state index contributed by atoms with van der Waals surface area (Å²) in [5, 5.41) is 6.48. The molecule has 1 fully saturated rings. The molecule has 0 saturated carbocycles. The monoisotopic (exact) mass is 377 g/mol.